The highest BCUT2D eigenvalue weighted by Crippen LogP contribution is 2.38. The standard InChI is InChI=1S/C21H28Cl2N2O4S/c1-3-15-14-24(9-4-5-10-29-2)21(26)20-8-6-7-19(15)25(20)30(27,28)18-12-16(22)11-17(23)13-18/h3,11-13,15,19-20H,1,4-10,14H2,2H3/t15-,19-,20?/m0/s1. The molecule has 0 radical (unpaired) electrons. The van der Waals surface area contributed by atoms with E-state index in [4.69, 9.17) is 27.9 Å². The molecular formula is C21H28Cl2N2O4S. The fourth-order valence-electron chi connectivity index (χ4n) is 4.45. The number of hydrogen-bond donors (Lipinski definition) is 0. The van der Waals surface area contributed by atoms with E-state index in [1.165, 1.54) is 22.5 Å². The lowest BCUT2D eigenvalue weighted by Crippen LogP contribution is -2.54. The number of carbonyl (C=O) groups excluding carboxylic acids is 1. The van der Waals surface area contributed by atoms with Crippen LogP contribution in [0.5, 0.6) is 0 Å². The molecule has 6 nitrogen and oxygen atoms in total. The van der Waals surface area contributed by atoms with Gasteiger partial charge in [-0.2, -0.15) is 4.31 Å². The minimum absolute atomic E-state index is 0.0149. The molecule has 1 aromatic rings. The molecule has 1 aromatic carbocycles. The Balaban J connectivity index is 1.97. The van der Waals surface area contributed by atoms with E-state index in [0.717, 1.165) is 19.3 Å². The van der Waals surface area contributed by atoms with Gasteiger partial charge in [-0.25, -0.2) is 8.42 Å². The van der Waals surface area contributed by atoms with Crippen LogP contribution in [-0.4, -0.2) is 62.4 Å². The van der Waals surface area contributed by atoms with E-state index < -0.39 is 16.1 Å². The number of ether oxygens (including phenoxy) is 1. The number of halogens is 2. The highest BCUT2D eigenvalue weighted by molar-refractivity contribution is 7.89. The summed E-state index contributed by atoms with van der Waals surface area (Å²) in [6, 6.07) is 3.22. The summed E-state index contributed by atoms with van der Waals surface area (Å²) in [7, 11) is -2.32. The highest BCUT2D eigenvalue weighted by Gasteiger charge is 2.49. The van der Waals surface area contributed by atoms with E-state index >= 15 is 0 Å². The minimum Gasteiger partial charge on any atom is -0.385 e. The Morgan fingerprint density at radius 2 is 1.90 bits per heavy atom. The second-order valence-electron chi connectivity index (χ2n) is 7.84. The third-order valence-electron chi connectivity index (χ3n) is 5.87. The molecule has 0 saturated carbocycles. The van der Waals surface area contributed by atoms with Gasteiger partial charge in [0.15, 0.2) is 0 Å². The average Bonchev–Trinajstić information content (AvgIpc) is 2.77. The molecule has 1 amide bonds. The molecule has 0 aromatic heterocycles. The summed E-state index contributed by atoms with van der Waals surface area (Å²) in [5, 5.41) is 0.486. The number of piperidine rings is 1. The molecule has 2 saturated heterocycles. The lowest BCUT2D eigenvalue weighted by Gasteiger charge is -2.40. The molecule has 2 aliphatic rings. The predicted octanol–water partition coefficient (Wildman–Crippen LogP) is 3.98. The maximum absolute atomic E-state index is 13.7. The van der Waals surface area contributed by atoms with Gasteiger partial charge in [0.2, 0.25) is 15.9 Å². The van der Waals surface area contributed by atoms with E-state index in [1.807, 2.05) is 0 Å². The Morgan fingerprint density at radius 1 is 1.20 bits per heavy atom. The maximum atomic E-state index is 13.7. The Labute approximate surface area is 188 Å². The molecule has 2 heterocycles. The van der Waals surface area contributed by atoms with Gasteiger partial charge >= 0.3 is 0 Å². The molecule has 1 unspecified atom stereocenters. The molecule has 3 atom stereocenters. The van der Waals surface area contributed by atoms with Gasteiger partial charge in [0.25, 0.3) is 0 Å². The fourth-order valence-corrected chi connectivity index (χ4v) is 7.04. The van der Waals surface area contributed by atoms with Crippen molar-refractivity contribution in [1.82, 2.24) is 9.21 Å². The number of carbonyl (C=O) groups is 1. The van der Waals surface area contributed by atoms with Crippen LogP contribution < -0.4 is 0 Å². The first kappa shape index (κ1) is 23.5. The Bertz CT molecular complexity index is 873. The molecule has 166 valence electrons. The van der Waals surface area contributed by atoms with Gasteiger partial charge in [-0.3, -0.25) is 4.79 Å². The van der Waals surface area contributed by atoms with Gasteiger partial charge < -0.3 is 9.64 Å². The quantitative estimate of drug-likeness (QED) is 0.422. The van der Waals surface area contributed by atoms with Crippen molar-refractivity contribution in [2.24, 2.45) is 5.92 Å². The topological polar surface area (TPSA) is 66.9 Å². The van der Waals surface area contributed by atoms with Crippen molar-refractivity contribution in [2.75, 3.05) is 26.8 Å². The molecule has 0 N–H and O–H groups in total. The van der Waals surface area contributed by atoms with Crippen molar-refractivity contribution >= 4 is 39.1 Å². The number of methoxy groups -OCH3 is 1. The van der Waals surface area contributed by atoms with Crippen LogP contribution in [0.4, 0.5) is 0 Å². The molecule has 30 heavy (non-hydrogen) atoms. The molecular weight excluding hydrogens is 447 g/mol. The van der Waals surface area contributed by atoms with Gasteiger partial charge in [-0.05, 0) is 50.3 Å². The largest absolute Gasteiger partial charge is 0.385 e. The van der Waals surface area contributed by atoms with Gasteiger partial charge in [-0.1, -0.05) is 29.3 Å². The average molecular weight is 475 g/mol. The van der Waals surface area contributed by atoms with Crippen molar-refractivity contribution in [1.29, 1.82) is 0 Å². The lowest BCUT2D eigenvalue weighted by atomic mass is 9.90. The normalized spacial score (nSPS) is 25.2. The Kier molecular flexibility index (Phi) is 7.85. The van der Waals surface area contributed by atoms with Crippen LogP contribution in [0.2, 0.25) is 10.0 Å². The zero-order valence-corrected chi connectivity index (χ0v) is 19.4. The molecule has 2 bridgehead atoms. The number of rotatable bonds is 8. The first-order valence-electron chi connectivity index (χ1n) is 10.2. The molecule has 0 spiro atoms. The lowest BCUT2D eigenvalue weighted by molar-refractivity contribution is -0.135. The third kappa shape index (κ3) is 4.86. The van der Waals surface area contributed by atoms with Crippen LogP contribution in [0.15, 0.2) is 35.7 Å². The summed E-state index contributed by atoms with van der Waals surface area (Å²) < 4.78 is 33.8. The number of hydrogen-bond acceptors (Lipinski definition) is 4. The predicted molar refractivity (Wildman–Crippen MR) is 118 cm³/mol. The van der Waals surface area contributed by atoms with Crippen molar-refractivity contribution in [3.05, 3.63) is 40.9 Å². The summed E-state index contributed by atoms with van der Waals surface area (Å²) in [5.74, 6) is -0.288. The molecule has 0 aliphatic carbocycles. The number of fused-ring (bicyclic) bond motifs is 2. The van der Waals surface area contributed by atoms with Crippen LogP contribution in [-0.2, 0) is 19.6 Å². The summed E-state index contributed by atoms with van der Waals surface area (Å²) in [4.78, 5) is 15.2. The van der Waals surface area contributed by atoms with Crippen LogP contribution in [0.25, 0.3) is 0 Å². The Hall–Kier alpha value is -1.12. The Morgan fingerprint density at radius 3 is 2.53 bits per heavy atom. The van der Waals surface area contributed by atoms with Crippen LogP contribution in [0, 0.1) is 5.92 Å². The molecule has 9 heteroatoms. The van der Waals surface area contributed by atoms with Crippen molar-refractivity contribution < 1.29 is 17.9 Å². The second kappa shape index (κ2) is 10.0. The number of benzene rings is 1. The third-order valence-corrected chi connectivity index (χ3v) is 8.22. The maximum Gasteiger partial charge on any atom is 0.244 e. The monoisotopic (exact) mass is 474 g/mol. The molecule has 2 fully saturated rings. The van der Waals surface area contributed by atoms with E-state index in [2.05, 4.69) is 6.58 Å². The SMILES string of the molecule is C=C[C@H]1CN(CCCCOC)C(=O)C2CCC[C@@H]1N2S(=O)(=O)c1cc(Cl)cc(Cl)c1. The number of sulfonamides is 1. The van der Waals surface area contributed by atoms with E-state index in [0.29, 0.717) is 32.5 Å². The van der Waals surface area contributed by atoms with Crippen molar-refractivity contribution in [3.8, 4) is 0 Å². The van der Waals surface area contributed by atoms with Gasteiger partial charge in [-0.15, -0.1) is 6.58 Å². The van der Waals surface area contributed by atoms with Crippen molar-refractivity contribution in [3.63, 3.8) is 0 Å². The van der Waals surface area contributed by atoms with Crippen LogP contribution >= 0.6 is 23.2 Å². The number of unbranched alkanes of at least 4 members (excludes halogenated alkanes) is 1. The van der Waals surface area contributed by atoms with Gasteiger partial charge in [0, 0.05) is 48.8 Å². The summed E-state index contributed by atoms with van der Waals surface area (Å²) in [6.45, 7) is 5.62. The minimum atomic E-state index is -3.97. The van der Waals surface area contributed by atoms with E-state index in [1.54, 1.807) is 18.1 Å². The zero-order chi connectivity index (χ0) is 21.9. The first-order chi connectivity index (χ1) is 14.3. The number of nitrogens with zero attached hydrogens (tertiary/aromatic N) is 2. The van der Waals surface area contributed by atoms with Crippen LogP contribution in [0.3, 0.4) is 0 Å². The summed E-state index contributed by atoms with van der Waals surface area (Å²) >= 11 is 12.1. The van der Waals surface area contributed by atoms with Crippen molar-refractivity contribution in [2.45, 2.75) is 49.1 Å². The summed E-state index contributed by atoms with van der Waals surface area (Å²) in [6.07, 6.45) is 5.41. The number of amides is 1. The first-order valence-corrected chi connectivity index (χ1v) is 12.4. The smallest absolute Gasteiger partial charge is 0.244 e. The molecule has 3 rings (SSSR count). The highest BCUT2D eigenvalue weighted by atomic mass is 35.5. The van der Waals surface area contributed by atoms with E-state index in [-0.39, 0.29) is 32.8 Å². The van der Waals surface area contributed by atoms with Crippen LogP contribution in [0.1, 0.15) is 32.1 Å². The van der Waals surface area contributed by atoms with Gasteiger partial charge in [0.1, 0.15) is 6.04 Å². The molecule has 2 aliphatic heterocycles. The zero-order valence-electron chi connectivity index (χ0n) is 17.1. The fraction of sp³-hybridized carbons (Fsp3) is 0.571. The second-order valence-corrected chi connectivity index (χ2v) is 10.6. The summed E-state index contributed by atoms with van der Waals surface area (Å²) in [5.41, 5.74) is 0. The van der Waals surface area contributed by atoms with E-state index in [9.17, 15) is 13.2 Å². The van der Waals surface area contributed by atoms with Gasteiger partial charge in [0.05, 0.1) is 4.90 Å².